The van der Waals surface area contributed by atoms with E-state index in [1.807, 2.05) is 0 Å². The Morgan fingerprint density at radius 2 is 1.74 bits per heavy atom. The second kappa shape index (κ2) is 5.47. The number of aromatic amines is 2. The first-order valence-corrected chi connectivity index (χ1v) is 6.00. The standard InChI is InChI=1S/C9H8N2O3.ClHO4/c1-4-3-5(2)14-8-6(4)7(12)10-9(13)11-8;2-1(3,4)5/h3H,1-2H3,(H,10,12,13);(H,2,3,4,5). The summed E-state index contributed by atoms with van der Waals surface area (Å²) < 4.78 is 39.2. The fourth-order valence-electron chi connectivity index (χ4n) is 1.47. The molecule has 2 aliphatic heterocycles. The van der Waals surface area contributed by atoms with Crippen LogP contribution in [0, 0.1) is 24.1 Å². The van der Waals surface area contributed by atoms with Crippen LogP contribution in [0.25, 0.3) is 11.5 Å². The molecule has 2 aliphatic rings. The van der Waals surface area contributed by atoms with Crippen molar-refractivity contribution in [2.45, 2.75) is 13.8 Å². The van der Waals surface area contributed by atoms with Crippen molar-refractivity contribution < 1.29 is 38.3 Å². The molecular formula is C9H9ClN2O7. The van der Waals surface area contributed by atoms with Gasteiger partial charge in [0, 0.05) is 0 Å². The molecule has 19 heavy (non-hydrogen) atoms. The molecule has 0 unspecified atom stereocenters. The van der Waals surface area contributed by atoms with Gasteiger partial charge < -0.3 is 4.42 Å². The van der Waals surface area contributed by atoms with Crippen LogP contribution in [0.4, 0.5) is 0 Å². The topological polar surface area (TPSA) is 169 Å². The molecule has 2 N–H and O–H groups in total. The van der Waals surface area contributed by atoms with Crippen LogP contribution in [0.5, 0.6) is 0 Å². The van der Waals surface area contributed by atoms with E-state index in [2.05, 4.69) is 9.97 Å². The van der Waals surface area contributed by atoms with Gasteiger partial charge in [0.15, 0.2) is 5.56 Å². The molecule has 2 rings (SSSR count). The number of nitrogens with one attached hydrogen (secondary N) is 2. The van der Waals surface area contributed by atoms with Crippen LogP contribution in [0.15, 0.2) is 20.1 Å². The van der Waals surface area contributed by atoms with E-state index < -0.39 is 21.5 Å². The highest BCUT2D eigenvalue weighted by Crippen LogP contribution is 2.17. The summed E-state index contributed by atoms with van der Waals surface area (Å²) in [6.07, 6.45) is 0. The molecule has 0 amide bonds. The van der Waals surface area contributed by atoms with E-state index >= 15 is 0 Å². The first kappa shape index (κ1) is 15.3. The third kappa shape index (κ3) is 4.77. The van der Waals surface area contributed by atoms with E-state index in [4.69, 9.17) is 23.1 Å². The maximum absolute atomic E-state index is 11.4. The van der Waals surface area contributed by atoms with Crippen molar-refractivity contribution in [2.24, 2.45) is 0 Å². The lowest BCUT2D eigenvalue weighted by Crippen LogP contribution is -2.68. The average molecular weight is 293 g/mol. The molecule has 0 aliphatic carbocycles. The minimum absolute atomic E-state index is 0.219. The summed E-state index contributed by atoms with van der Waals surface area (Å²) in [5.41, 5.74) is 0.178. The minimum Gasteiger partial charge on any atom is -0.427 e. The van der Waals surface area contributed by atoms with Gasteiger partial charge in [-0.05, 0) is 25.5 Å². The Bertz CT molecular complexity index is 651. The molecule has 0 aromatic heterocycles. The predicted molar refractivity (Wildman–Crippen MR) is 48.3 cm³/mol. The molecule has 2 heterocycles. The summed E-state index contributed by atoms with van der Waals surface area (Å²) in [6, 6.07) is 1.75. The van der Waals surface area contributed by atoms with Crippen molar-refractivity contribution in [1.82, 2.24) is 4.98 Å². The zero-order chi connectivity index (χ0) is 14.8. The van der Waals surface area contributed by atoms with Crippen LogP contribution in [0.1, 0.15) is 11.3 Å². The lowest BCUT2D eigenvalue weighted by molar-refractivity contribution is -2.00. The first-order chi connectivity index (χ1) is 8.58. The molecule has 104 valence electrons. The number of rotatable bonds is 0. The fraction of sp³-hybridized carbons (Fsp3) is 0.222. The van der Waals surface area contributed by atoms with Gasteiger partial charge >= 0.3 is 17.1 Å². The lowest BCUT2D eigenvalue weighted by Gasteiger charge is -2.17. The van der Waals surface area contributed by atoms with Gasteiger partial charge in [-0.1, -0.05) is 0 Å². The monoisotopic (exact) mass is 292 g/mol. The van der Waals surface area contributed by atoms with Crippen molar-refractivity contribution in [3.8, 4) is 11.5 Å². The molecule has 10 heteroatoms. The number of H-pyrrole nitrogens is 2. The third-order valence-corrected chi connectivity index (χ3v) is 1.99. The van der Waals surface area contributed by atoms with E-state index in [-0.39, 0.29) is 5.89 Å². The SMILES string of the molecule is Cc1cc(C)c2c(=O)[nH]c(=O)[nH+]c-2o1.[O-][Cl+3]([O-])([O-])[O-]. The number of aromatic nitrogens is 2. The summed E-state index contributed by atoms with van der Waals surface area (Å²) >= 11 is 0. The highest BCUT2D eigenvalue weighted by atomic mass is 35.7. The maximum Gasteiger partial charge on any atom is 0.499 e. The van der Waals surface area contributed by atoms with Crippen LogP contribution in [0.2, 0.25) is 0 Å². The van der Waals surface area contributed by atoms with Gasteiger partial charge in [-0.2, -0.15) is 14.8 Å². The van der Waals surface area contributed by atoms with Gasteiger partial charge in [-0.15, -0.1) is 10.2 Å². The van der Waals surface area contributed by atoms with Crippen molar-refractivity contribution >= 4 is 0 Å². The van der Waals surface area contributed by atoms with Crippen LogP contribution in [0.3, 0.4) is 0 Å². The summed E-state index contributed by atoms with van der Waals surface area (Å²) in [6.45, 7) is 3.55. The Morgan fingerprint density at radius 3 is 2.26 bits per heavy atom. The van der Waals surface area contributed by atoms with Crippen LogP contribution in [-0.4, -0.2) is 4.98 Å². The molecule has 0 fully saturated rings. The zero-order valence-corrected chi connectivity index (χ0v) is 10.6. The number of aryl methyl sites for hydroxylation is 2. The Labute approximate surface area is 107 Å². The van der Waals surface area contributed by atoms with Crippen LogP contribution < -0.4 is 34.9 Å². The molecule has 0 saturated carbocycles. The van der Waals surface area contributed by atoms with E-state index in [1.54, 1.807) is 19.9 Å². The van der Waals surface area contributed by atoms with Gasteiger partial charge in [0.25, 0.3) is 0 Å². The van der Waals surface area contributed by atoms with Gasteiger partial charge in [0.1, 0.15) is 5.76 Å². The molecular weight excluding hydrogens is 284 g/mol. The molecule has 0 aromatic rings. The molecule has 0 aromatic carbocycles. The van der Waals surface area contributed by atoms with Crippen LogP contribution >= 0.6 is 0 Å². The van der Waals surface area contributed by atoms with E-state index in [0.29, 0.717) is 11.3 Å². The second-order valence-electron chi connectivity index (χ2n) is 3.53. The third-order valence-electron chi connectivity index (χ3n) is 1.99. The Balaban J connectivity index is 0.000000312. The van der Waals surface area contributed by atoms with Gasteiger partial charge in [-0.25, -0.2) is 23.4 Å². The Morgan fingerprint density at radius 1 is 1.21 bits per heavy atom. The zero-order valence-electron chi connectivity index (χ0n) is 9.81. The van der Waals surface area contributed by atoms with Crippen molar-refractivity contribution in [3.05, 3.63) is 38.2 Å². The summed E-state index contributed by atoms with van der Waals surface area (Å²) in [7, 11) is -4.94. The van der Waals surface area contributed by atoms with E-state index in [9.17, 15) is 9.59 Å². The van der Waals surface area contributed by atoms with Crippen molar-refractivity contribution in [1.29, 1.82) is 0 Å². The molecule has 0 radical (unpaired) electrons. The van der Waals surface area contributed by atoms with Gasteiger partial charge in [0.2, 0.25) is 0 Å². The molecule has 0 spiro atoms. The summed E-state index contributed by atoms with van der Waals surface area (Å²) in [4.78, 5) is 26.9. The normalized spacial score (nSPS) is 11.1. The highest BCUT2D eigenvalue weighted by Gasteiger charge is 2.19. The molecule has 0 saturated heterocycles. The Kier molecular flexibility index (Phi) is 4.39. The minimum atomic E-state index is -4.94. The lowest BCUT2D eigenvalue weighted by atomic mass is 10.1. The molecule has 9 nitrogen and oxygen atoms in total. The number of hydrogen-bond acceptors (Lipinski definition) is 7. The Hall–Kier alpha value is -1.78. The maximum atomic E-state index is 11.4. The predicted octanol–water partition coefficient (Wildman–Crippen LogP) is -4.89. The van der Waals surface area contributed by atoms with Gasteiger partial charge in [0.05, 0.1) is 0 Å². The van der Waals surface area contributed by atoms with Crippen molar-refractivity contribution in [3.63, 3.8) is 0 Å². The van der Waals surface area contributed by atoms with E-state index in [1.165, 1.54) is 0 Å². The van der Waals surface area contributed by atoms with Crippen molar-refractivity contribution in [2.75, 3.05) is 0 Å². The summed E-state index contributed by atoms with van der Waals surface area (Å²) in [5.74, 6) is 0.868. The fourth-order valence-corrected chi connectivity index (χ4v) is 1.47. The van der Waals surface area contributed by atoms with E-state index in [0.717, 1.165) is 5.56 Å². The number of halogens is 1. The smallest absolute Gasteiger partial charge is 0.427 e. The molecule has 0 bridgehead atoms. The largest absolute Gasteiger partial charge is 0.499 e. The average Bonchev–Trinajstić information content (AvgIpc) is 2.10. The number of hydrogen-bond donors (Lipinski definition) is 1. The summed E-state index contributed by atoms with van der Waals surface area (Å²) in [5, 5.41) is 0. The van der Waals surface area contributed by atoms with Crippen LogP contribution in [-0.2, 0) is 0 Å². The highest BCUT2D eigenvalue weighted by molar-refractivity contribution is 5.54. The first-order valence-electron chi connectivity index (χ1n) is 4.76. The van der Waals surface area contributed by atoms with Gasteiger partial charge in [-0.3, -0.25) is 0 Å². The molecule has 0 atom stereocenters. The second-order valence-corrected chi connectivity index (χ2v) is 4.29. The quantitative estimate of drug-likeness (QED) is 0.507. The number of fused-ring (bicyclic) bond motifs is 1.